The van der Waals surface area contributed by atoms with Gasteiger partial charge in [0.1, 0.15) is 122 Å². The molecule has 72 heavy (non-hydrogen) atoms. The van der Waals surface area contributed by atoms with Gasteiger partial charge in [-0.3, -0.25) is 0 Å². The van der Waals surface area contributed by atoms with Crippen molar-refractivity contribution in [2.45, 2.75) is 154 Å². The molecule has 25 atom stereocenters. The van der Waals surface area contributed by atoms with Gasteiger partial charge in [-0.2, -0.15) is 0 Å². The first-order chi connectivity index (χ1) is 34.9. The van der Waals surface area contributed by atoms with Gasteiger partial charge in [0.15, 0.2) is 31.5 Å². The molecule has 0 saturated carbocycles. The van der Waals surface area contributed by atoms with Crippen molar-refractivity contribution >= 4 is 0 Å². The molecule has 0 aromatic carbocycles. The summed E-state index contributed by atoms with van der Waals surface area (Å²) in [5, 5.41) is 10.8. The Balaban J connectivity index is 1.31. The van der Waals surface area contributed by atoms with Gasteiger partial charge in [-0.05, 0) is 0 Å². The summed E-state index contributed by atoms with van der Waals surface area (Å²) in [6.07, 6.45) is -19.6. The molecule has 26 heteroatoms. The Morgan fingerprint density at radius 3 is 0.639 bits per heavy atom. The normalized spacial score (nSPS) is 44.0. The highest BCUT2D eigenvalue weighted by Crippen LogP contribution is 2.36. The SMILES string of the molecule is COC[C@H]1O[C@H](OC[C@H]2O[C@H](OC[C@H]3O[C@H](OC[C@H]4O[C@H](OC[C@H]5OC(O)[C@H](OC)[C@@H](OC)[C@@H]5OC)[C@H](OC)[C@@H](OC)[C@@H]4OC)[C@H](OC)[C@@H](OC)[C@@H]3OC)[C@H](OC)[C@@H](OC)[C@@H]2OC)[C@H](OC)[C@@H](OC)[C@@H]1OC. The van der Waals surface area contributed by atoms with Crippen LogP contribution < -0.4 is 0 Å². The van der Waals surface area contributed by atoms with Gasteiger partial charge in [-0.1, -0.05) is 0 Å². The molecule has 0 aromatic rings. The fourth-order valence-corrected chi connectivity index (χ4v) is 10.5. The van der Waals surface area contributed by atoms with E-state index in [0.29, 0.717) is 0 Å². The van der Waals surface area contributed by atoms with E-state index < -0.39 is 154 Å². The Kier molecular flexibility index (Phi) is 26.4. The van der Waals surface area contributed by atoms with Crippen molar-refractivity contribution in [2.24, 2.45) is 0 Å². The predicted molar refractivity (Wildman–Crippen MR) is 243 cm³/mol. The molecule has 1 unspecified atom stereocenters. The van der Waals surface area contributed by atoms with Crippen molar-refractivity contribution in [1.29, 1.82) is 0 Å². The zero-order chi connectivity index (χ0) is 52.6. The van der Waals surface area contributed by atoms with Crippen molar-refractivity contribution in [1.82, 2.24) is 0 Å². The number of methoxy groups -OCH3 is 16. The minimum absolute atomic E-state index is 0.0499. The summed E-state index contributed by atoms with van der Waals surface area (Å²) in [5.41, 5.74) is 0. The molecule has 5 saturated heterocycles. The largest absolute Gasteiger partial charge is 0.382 e. The van der Waals surface area contributed by atoms with Crippen LogP contribution in [-0.2, 0) is 118 Å². The van der Waals surface area contributed by atoms with Gasteiger partial charge in [0.25, 0.3) is 0 Å². The highest BCUT2D eigenvalue weighted by atomic mass is 16.8. The lowest BCUT2D eigenvalue weighted by atomic mass is 9.97. The van der Waals surface area contributed by atoms with E-state index in [2.05, 4.69) is 0 Å². The molecule has 0 bridgehead atoms. The van der Waals surface area contributed by atoms with E-state index in [4.69, 9.17) is 118 Å². The summed E-state index contributed by atoms with van der Waals surface area (Å²) in [4.78, 5) is 0. The van der Waals surface area contributed by atoms with E-state index in [1.807, 2.05) is 0 Å². The third kappa shape index (κ3) is 13.8. The second kappa shape index (κ2) is 30.8. The van der Waals surface area contributed by atoms with Gasteiger partial charge in [-0.25, -0.2) is 0 Å². The molecule has 0 amide bonds. The number of rotatable bonds is 29. The molecule has 5 rings (SSSR count). The molecule has 5 aliphatic rings. The molecule has 26 nitrogen and oxygen atoms in total. The Hall–Kier alpha value is -1.04. The van der Waals surface area contributed by atoms with Gasteiger partial charge in [0, 0.05) is 114 Å². The van der Waals surface area contributed by atoms with Crippen LogP contribution in [0.4, 0.5) is 0 Å². The van der Waals surface area contributed by atoms with E-state index in [1.165, 1.54) is 78.2 Å². The van der Waals surface area contributed by atoms with Crippen molar-refractivity contribution in [3.8, 4) is 0 Å². The first kappa shape index (κ1) is 61.8. The summed E-state index contributed by atoms with van der Waals surface area (Å²) >= 11 is 0. The van der Waals surface area contributed by atoms with E-state index >= 15 is 0 Å². The smallest absolute Gasteiger partial charge is 0.187 e. The number of hydrogen-bond acceptors (Lipinski definition) is 26. The lowest BCUT2D eigenvalue weighted by molar-refractivity contribution is -0.358. The number of aliphatic hydroxyl groups is 1. The molecule has 424 valence electrons. The summed E-state index contributed by atoms with van der Waals surface area (Å²) < 4.78 is 151. The van der Waals surface area contributed by atoms with Crippen LogP contribution in [0.5, 0.6) is 0 Å². The summed E-state index contributed by atoms with van der Waals surface area (Å²) in [6.45, 7) is -0.171. The number of aliphatic hydroxyl groups excluding tert-OH is 1. The Morgan fingerprint density at radius 1 is 0.236 bits per heavy atom. The van der Waals surface area contributed by atoms with Crippen molar-refractivity contribution in [3.05, 3.63) is 0 Å². The van der Waals surface area contributed by atoms with Crippen LogP contribution in [0.25, 0.3) is 0 Å². The first-order valence-corrected chi connectivity index (χ1v) is 23.8. The minimum atomic E-state index is -1.32. The van der Waals surface area contributed by atoms with Crippen molar-refractivity contribution < 1.29 is 124 Å². The van der Waals surface area contributed by atoms with Crippen LogP contribution in [0, 0.1) is 0 Å². The topological polar surface area (TPSA) is 251 Å². The molecule has 0 radical (unpaired) electrons. The maximum absolute atomic E-state index is 10.8. The quantitative estimate of drug-likeness (QED) is 0.0899. The average molecular weight is 1050 g/mol. The number of hydrogen-bond donors (Lipinski definition) is 1. The van der Waals surface area contributed by atoms with Crippen LogP contribution >= 0.6 is 0 Å². The summed E-state index contributed by atoms with van der Waals surface area (Å²) in [5.74, 6) is 0. The average Bonchev–Trinajstić information content (AvgIpc) is 3.40. The fourth-order valence-electron chi connectivity index (χ4n) is 10.5. The van der Waals surface area contributed by atoms with Crippen LogP contribution in [0.3, 0.4) is 0 Å². The predicted octanol–water partition coefficient (Wildman–Crippen LogP) is -1.46. The molecule has 5 aliphatic heterocycles. The second-order valence-corrected chi connectivity index (χ2v) is 17.5. The van der Waals surface area contributed by atoms with E-state index in [-0.39, 0.29) is 33.0 Å². The molecule has 0 spiro atoms. The van der Waals surface area contributed by atoms with E-state index in [0.717, 1.165) is 0 Å². The maximum atomic E-state index is 10.8. The van der Waals surface area contributed by atoms with Crippen LogP contribution in [0.15, 0.2) is 0 Å². The van der Waals surface area contributed by atoms with Gasteiger partial charge in [-0.15, -0.1) is 0 Å². The van der Waals surface area contributed by atoms with Gasteiger partial charge in [0.05, 0.1) is 33.0 Å². The molecule has 5 fully saturated rings. The number of ether oxygens (including phenoxy) is 25. The third-order valence-electron chi connectivity index (χ3n) is 14.1. The maximum Gasteiger partial charge on any atom is 0.187 e. The summed E-state index contributed by atoms with van der Waals surface area (Å²) in [6, 6.07) is 0. The lowest BCUT2D eigenvalue weighted by Gasteiger charge is -2.48. The van der Waals surface area contributed by atoms with Gasteiger partial charge >= 0.3 is 0 Å². The zero-order valence-corrected chi connectivity index (χ0v) is 44.6. The Morgan fingerprint density at radius 2 is 0.431 bits per heavy atom. The summed E-state index contributed by atoms with van der Waals surface area (Å²) in [7, 11) is 24.4. The fraction of sp³-hybridized carbons (Fsp3) is 1.00. The van der Waals surface area contributed by atoms with Crippen molar-refractivity contribution in [2.75, 3.05) is 147 Å². The lowest BCUT2D eigenvalue weighted by Crippen LogP contribution is -2.65. The van der Waals surface area contributed by atoms with Crippen LogP contribution in [-0.4, -0.2) is 305 Å². The molecule has 0 aromatic heterocycles. The van der Waals surface area contributed by atoms with Crippen LogP contribution in [0.2, 0.25) is 0 Å². The molecular formula is C46H84O26. The van der Waals surface area contributed by atoms with Gasteiger partial charge < -0.3 is 124 Å². The Labute approximate surface area is 423 Å². The second-order valence-electron chi connectivity index (χ2n) is 17.5. The van der Waals surface area contributed by atoms with E-state index in [9.17, 15) is 5.11 Å². The highest BCUT2D eigenvalue weighted by Gasteiger charge is 2.55. The third-order valence-corrected chi connectivity index (χ3v) is 14.1. The zero-order valence-electron chi connectivity index (χ0n) is 44.6. The highest BCUT2D eigenvalue weighted by molar-refractivity contribution is 4.98. The molecule has 5 heterocycles. The monoisotopic (exact) mass is 1050 g/mol. The van der Waals surface area contributed by atoms with Crippen molar-refractivity contribution in [3.63, 3.8) is 0 Å². The van der Waals surface area contributed by atoms with Gasteiger partial charge in [0.2, 0.25) is 0 Å². The standard InChI is InChI=1S/C46H84O26/c1-48-17-22-27(49-2)33(55-8)38(60-13)43(69-22)65-19-24-29(51-4)35(57-10)40(62-15)45(71-24)67-21-26-31(53-6)36(58-11)41(63-16)46(72-26)66-20-25-30(52-5)34(56-9)39(61-14)44(70-25)64-18-23-28(50-3)32(54-7)37(59-12)42(47)68-23/h22-47H,17-21H2,1-16H3/t22-,23-,24-,25-,26-,27-,28-,29-,30-,31-,32+,33+,34+,35+,36+,37-,38-,39-,40-,41-,42?,43+,44+,45+,46+/m1/s1. The first-order valence-electron chi connectivity index (χ1n) is 23.8. The Bertz CT molecular complexity index is 1480. The van der Waals surface area contributed by atoms with E-state index in [1.54, 1.807) is 35.5 Å². The van der Waals surface area contributed by atoms with Crippen LogP contribution in [0.1, 0.15) is 0 Å². The molecular weight excluding hydrogens is 968 g/mol. The molecule has 1 N–H and O–H groups in total. The molecule has 0 aliphatic carbocycles. The minimum Gasteiger partial charge on any atom is -0.382 e.